The number of carbonyl (C=O) groups is 1. The number of nitrogens with one attached hydrogen (secondary N) is 1. The van der Waals surface area contributed by atoms with E-state index >= 15 is 0 Å². The minimum Gasteiger partial charge on any atom is -0.486 e. The molecule has 1 unspecified atom stereocenters. The van der Waals surface area contributed by atoms with Crippen LogP contribution in [0.25, 0.3) is 10.9 Å². The lowest BCUT2D eigenvalue weighted by molar-refractivity contribution is 0.0500. The lowest BCUT2D eigenvalue weighted by Crippen LogP contribution is -2.38. The molecule has 2 aromatic carbocycles. The number of nitrogens with zero attached hydrogens (tertiary/aromatic N) is 2. The van der Waals surface area contributed by atoms with Gasteiger partial charge < -0.3 is 24.1 Å². The molecule has 0 radical (unpaired) electrons. The first-order chi connectivity index (χ1) is 15.2. The molecular formula is C23H23N3O5. The predicted molar refractivity (Wildman–Crippen MR) is 114 cm³/mol. The second kappa shape index (κ2) is 8.39. The van der Waals surface area contributed by atoms with Crippen molar-refractivity contribution < 1.29 is 19.0 Å². The molecule has 3 aromatic rings. The van der Waals surface area contributed by atoms with E-state index in [2.05, 4.69) is 9.97 Å². The van der Waals surface area contributed by atoms with Gasteiger partial charge in [0.1, 0.15) is 19.0 Å². The lowest BCUT2D eigenvalue weighted by Gasteiger charge is -2.26. The third-order valence-electron chi connectivity index (χ3n) is 5.53. The SMILES string of the molecule is O=C(c1ccc2c(c1)OCCO2)N(Cc1nc2ccccc2c(=O)[nH]1)CC1CCCO1. The maximum atomic E-state index is 13.4. The van der Waals surface area contributed by atoms with Crippen LogP contribution in [0.4, 0.5) is 0 Å². The molecule has 8 heteroatoms. The van der Waals surface area contributed by atoms with E-state index in [0.29, 0.717) is 60.2 Å². The molecule has 1 fully saturated rings. The molecule has 3 heterocycles. The minimum atomic E-state index is -0.218. The van der Waals surface area contributed by atoms with Gasteiger partial charge in [0, 0.05) is 18.7 Å². The Balaban J connectivity index is 1.45. The van der Waals surface area contributed by atoms with Gasteiger partial charge in [0.25, 0.3) is 11.5 Å². The van der Waals surface area contributed by atoms with Crippen LogP contribution in [0.5, 0.6) is 11.5 Å². The number of hydrogen-bond acceptors (Lipinski definition) is 6. The normalized spacial score (nSPS) is 17.6. The summed E-state index contributed by atoms with van der Waals surface area (Å²) in [6.07, 6.45) is 1.84. The number of rotatable bonds is 5. The summed E-state index contributed by atoms with van der Waals surface area (Å²) in [7, 11) is 0. The summed E-state index contributed by atoms with van der Waals surface area (Å²) in [5.41, 5.74) is 0.875. The van der Waals surface area contributed by atoms with Crippen LogP contribution in [0.15, 0.2) is 47.3 Å². The first kappa shape index (κ1) is 19.6. The molecule has 1 N–H and O–H groups in total. The molecule has 0 bridgehead atoms. The van der Waals surface area contributed by atoms with Gasteiger partial charge in [-0.1, -0.05) is 12.1 Å². The van der Waals surface area contributed by atoms with Crippen LogP contribution in [0, 0.1) is 0 Å². The number of amides is 1. The quantitative estimate of drug-likeness (QED) is 0.680. The number of fused-ring (bicyclic) bond motifs is 2. The van der Waals surface area contributed by atoms with Crippen molar-refractivity contribution in [1.29, 1.82) is 0 Å². The monoisotopic (exact) mass is 421 g/mol. The van der Waals surface area contributed by atoms with Gasteiger partial charge in [0.05, 0.1) is 23.6 Å². The molecule has 2 aliphatic heterocycles. The third-order valence-corrected chi connectivity index (χ3v) is 5.53. The molecule has 1 saturated heterocycles. The minimum absolute atomic E-state index is 0.0339. The van der Waals surface area contributed by atoms with Crippen LogP contribution in [0.3, 0.4) is 0 Å². The average molecular weight is 421 g/mol. The van der Waals surface area contributed by atoms with Crippen LogP contribution in [0.1, 0.15) is 29.0 Å². The van der Waals surface area contributed by atoms with E-state index < -0.39 is 0 Å². The van der Waals surface area contributed by atoms with Crippen molar-refractivity contribution in [2.75, 3.05) is 26.4 Å². The number of aromatic nitrogens is 2. The van der Waals surface area contributed by atoms with Crippen LogP contribution < -0.4 is 15.0 Å². The largest absolute Gasteiger partial charge is 0.486 e. The van der Waals surface area contributed by atoms with Crippen molar-refractivity contribution in [2.24, 2.45) is 0 Å². The number of hydrogen-bond donors (Lipinski definition) is 1. The van der Waals surface area contributed by atoms with Crippen molar-refractivity contribution in [2.45, 2.75) is 25.5 Å². The molecule has 1 aromatic heterocycles. The Hall–Kier alpha value is -3.39. The van der Waals surface area contributed by atoms with Gasteiger partial charge in [-0.2, -0.15) is 0 Å². The lowest BCUT2D eigenvalue weighted by atomic mass is 10.1. The fraction of sp³-hybridized carbons (Fsp3) is 0.348. The number of para-hydroxylation sites is 1. The molecule has 160 valence electrons. The third kappa shape index (κ3) is 4.11. The number of ether oxygens (including phenoxy) is 3. The highest BCUT2D eigenvalue weighted by Gasteiger charge is 2.25. The molecule has 1 amide bonds. The van der Waals surface area contributed by atoms with Gasteiger partial charge in [-0.3, -0.25) is 9.59 Å². The predicted octanol–water partition coefficient (Wildman–Crippen LogP) is 2.52. The smallest absolute Gasteiger partial charge is 0.258 e. The van der Waals surface area contributed by atoms with Gasteiger partial charge in [-0.15, -0.1) is 0 Å². The molecule has 5 rings (SSSR count). The average Bonchev–Trinajstić information content (AvgIpc) is 3.31. The molecule has 0 spiro atoms. The first-order valence-electron chi connectivity index (χ1n) is 10.5. The Morgan fingerprint density at radius 1 is 1.10 bits per heavy atom. The standard InChI is InChI=1S/C23H23N3O5/c27-22-17-5-1-2-6-18(17)24-21(25-22)14-26(13-16-4-3-9-29-16)23(28)15-7-8-19-20(12-15)31-11-10-30-19/h1-2,5-8,12,16H,3-4,9-11,13-14H2,(H,24,25,27). The number of H-pyrrole nitrogens is 1. The van der Waals surface area contributed by atoms with Gasteiger partial charge in [-0.25, -0.2) is 4.98 Å². The molecule has 1 atom stereocenters. The second-order valence-corrected chi connectivity index (χ2v) is 7.71. The van der Waals surface area contributed by atoms with E-state index in [1.807, 2.05) is 6.07 Å². The van der Waals surface area contributed by atoms with Crippen molar-refractivity contribution in [1.82, 2.24) is 14.9 Å². The molecular weight excluding hydrogens is 398 g/mol. The van der Waals surface area contributed by atoms with Crippen LogP contribution in [0.2, 0.25) is 0 Å². The first-order valence-corrected chi connectivity index (χ1v) is 10.5. The molecule has 8 nitrogen and oxygen atoms in total. The van der Waals surface area contributed by atoms with E-state index in [4.69, 9.17) is 14.2 Å². The second-order valence-electron chi connectivity index (χ2n) is 7.71. The van der Waals surface area contributed by atoms with Crippen molar-refractivity contribution in [3.8, 4) is 11.5 Å². The summed E-state index contributed by atoms with van der Waals surface area (Å²) in [6.45, 7) is 2.23. The Kier molecular flexibility index (Phi) is 5.30. The van der Waals surface area contributed by atoms with Gasteiger partial charge in [0.15, 0.2) is 11.5 Å². The zero-order valence-corrected chi connectivity index (χ0v) is 17.0. The molecule has 31 heavy (non-hydrogen) atoms. The molecule has 0 saturated carbocycles. The van der Waals surface area contributed by atoms with E-state index in [-0.39, 0.29) is 24.1 Å². The Morgan fingerprint density at radius 2 is 1.94 bits per heavy atom. The summed E-state index contributed by atoms with van der Waals surface area (Å²) in [5, 5.41) is 0.523. The van der Waals surface area contributed by atoms with Crippen molar-refractivity contribution in [3.05, 3.63) is 64.2 Å². The fourth-order valence-corrected chi connectivity index (χ4v) is 4.00. The number of benzene rings is 2. The van der Waals surface area contributed by atoms with Crippen LogP contribution in [-0.4, -0.2) is 53.2 Å². The topological polar surface area (TPSA) is 93.8 Å². The van der Waals surface area contributed by atoms with Crippen LogP contribution >= 0.6 is 0 Å². The maximum absolute atomic E-state index is 13.4. The summed E-state index contributed by atoms with van der Waals surface area (Å²) < 4.78 is 16.9. The van der Waals surface area contributed by atoms with Crippen molar-refractivity contribution in [3.63, 3.8) is 0 Å². The van der Waals surface area contributed by atoms with Gasteiger partial charge >= 0.3 is 0 Å². The van der Waals surface area contributed by atoms with Crippen molar-refractivity contribution >= 4 is 16.8 Å². The highest BCUT2D eigenvalue weighted by atomic mass is 16.6. The maximum Gasteiger partial charge on any atom is 0.258 e. The number of aromatic amines is 1. The Bertz CT molecular complexity index is 1170. The Morgan fingerprint density at radius 3 is 2.77 bits per heavy atom. The van der Waals surface area contributed by atoms with E-state index in [1.165, 1.54) is 0 Å². The van der Waals surface area contributed by atoms with E-state index in [0.717, 1.165) is 12.8 Å². The van der Waals surface area contributed by atoms with E-state index in [9.17, 15) is 9.59 Å². The highest BCUT2D eigenvalue weighted by Crippen LogP contribution is 2.31. The zero-order chi connectivity index (χ0) is 21.2. The summed E-state index contributed by atoms with van der Waals surface area (Å²) in [6, 6.07) is 12.3. The number of carbonyl (C=O) groups excluding carboxylic acids is 1. The fourth-order valence-electron chi connectivity index (χ4n) is 4.00. The summed E-state index contributed by atoms with van der Waals surface area (Å²) >= 11 is 0. The summed E-state index contributed by atoms with van der Waals surface area (Å²) in [5.74, 6) is 1.45. The summed E-state index contributed by atoms with van der Waals surface area (Å²) in [4.78, 5) is 34.9. The highest BCUT2D eigenvalue weighted by molar-refractivity contribution is 5.95. The Labute approximate surface area is 178 Å². The van der Waals surface area contributed by atoms with Gasteiger partial charge in [0.2, 0.25) is 0 Å². The molecule has 0 aliphatic carbocycles. The van der Waals surface area contributed by atoms with E-state index in [1.54, 1.807) is 41.3 Å². The molecule has 2 aliphatic rings. The zero-order valence-electron chi connectivity index (χ0n) is 17.0. The van der Waals surface area contributed by atoms with Crippen LogP contribution in [-0.2, 0) is 11.3 Å². The van der Waals surface area contributed by atoms with Gasteiger partial charge in [-0.05, 0) is 43.2 Å².